The van der Waals surface area contributed by atoms with Crippen molar-refractivity contribution in [3.8, 4) is 0 Å². The lowest BCUT2D eigenvalue weighted by atomic mass is 9.69. The Balaban J connectivity index is 1.28. The van der Waals surface area contributed by atoms with Crippen molar-refractivity contribution >= 4 is 27.2 Å². The Kier molecular flexibility index (Phi) is 13.4. The molecule has 1 heterocycles. The highest BCUT2D eigenvalue weighted by atomic mass is 32.2. The van der Waals surface area contributed by atoms with Crippen molar-refractivity contribution in [2.45, 2.75) is 99.8 Å². The Bertz CT molecular complexity index is 2010. The van der Waals surface area contributed by atoms with Gasteiger partial charge in [0.15, 0.2) is 9.84 Å². The van der Waals surface area contributed by atoms with Crippen LogP contribution in [0.2, 0.25) is 0 Å². The first kappa shape index (κ1) is 42.3. The second-order valence-corrected chi connectivity index (χ2v) is 17.5. The minimum Gasteiger partial charge on any atom is -0.392 e. The Morgan fingerprint density at radius 2 is 1.39 bits per heavy atom. The van der Waals surface area contributed by atoms with Crippen molar-refractivity contribution in [2.75, 3.05) is 30.1 Å². The number of benzene rings is 4. The second kappa shape index (κ2) is 18.1. The molecular weight excluding hydrogens is 747 g/mol. The number of aliphatic hydroxyl groups excluding tert-OH is 4. The molecule has 12 nitrogen and oxygen atoms in total. The fourth-order valence-electron chi connectivity index (χ4n) is 8.40. The summed E-state index contributed by atoms with van der Waals surface area (Å²) in [5, 5.41) is 52.3. The lowest BCUT2D eigenvalue weighted by molar-refractivity contribution is -0.222. The zero-order valence-electron chi connectivity index (χ0n) is 32.9. The number of carbonyl (C=O) groups excluding carboxylic acids is 1. The van der Waals surface area contributed by atoms with Crippen LogP contribution in [-0.2, 0) is 32.5 Å². The van der Waals surface area contributed by atoms with Crippen LogP contribution in [0.5, 0.6) is 0 Å². The SMILES string of the molecule is CCC[C@]1(CC)CS(=O)(=O)c2ccc(N(C)C)cc2[C@@H](c2cccc(NC(=O)NC3[C@@H](O)[C@H](OCc4ccccc4)C(O)[C@H](OCc4ccccc4)[C@H]3O)c2)[C@H]1O. The third kappa shape index (κ3) is 9.20. The largest absolute Gasteiger partial charge is 0.392 e. The lowest BCUT2D eigenvalue weighted by Crippen LogP contribution is -2.69. The summed E-state index contributed by atoms with van der Waals surface area (Å²) in [7, 11) is -0.0576. The number of sulfone groups is 1. The molecule has 0 bridgehead atoms. The van der Waals surface area contributed by atoms with Gasteiger partial charge in [0.25, 0.3) is 0 Å². The normalized spacial score (nSPS) is 28.1. The highest BCUT2D eigenvalue weighted by Gasteiger charge is 2.52. The van der Waals surface area contributed by atoms with Gasteiger partial charge in [0.05, 0.1) is 36.0 Å². The molecule has 9 atom stereocenters. The summed E-state index contributed by atoms with van der Waals surface area (Å²) in [5.41, 5.74) is 2.88. The van der Waals surface area contributed by atoms with Gasteiger partial charge >= 0.3 is 6.03 Å². The maximum atomic E-state index is 14.0. The average molecular weight is 802 g/mol. The van der Waals surface area contributed by atoms with E-state index in [0.717, 1.165) is 16.8 Å². The summed E-state index contributed by atoms with van der Waals surface area (Å²) in [4.78, 5) is 15.8. The van der Waals surface area contributed by atoms with E-state index in [0.29, 0.717) is 36.1 Å². The van der Waals surface area contributed by atoms with E-state index in [9.17, 15) is 33.6 Å². The smallest absolute Gasteiger partial charge is 0.319 e. The van der Waals surface area contributed by atoms with E-state index >= 15 is 0 Å². The van der Waals surface area contributed by atoms with Gasteiger partial charge in [-0.15, -0.1) is 0 Å². The average Bonchev–Trinajstić information content (AvgIpc) is 3.26. The number of hydrogen-bond donors (Lipinski definition) is 6. The van der Waals surface area contributed by atoms with Crippen LogP contribution in [0.25, 0.3) is 0 Å². The monoisotopic (exact) mass is 801 g/mol. The molecule has 2 aliphatic rings. The van der Waals surface area contributed by atoms with Crippen LogP contribution < -0.4 is 15.5 Å². The van der Waals surface area contributed by atoms with Crippen molar-refractivity contribution in [2.24, 2.45) is 5.41 Å². The number of urea groups is 1. The number of nitrogens with zero attached hydrogens (tertiary/aromatic N) is 1. The third-order valence-corrected chi connectivity index (χ3v) is 13.5. The molecule has 4 aromatic carbocycles. The first-order chi connectivity index (χ1) is 27.3. The van der Waals surface area contributed by atoms with Gasteiger partial charge in [-0.05, 0) is 65.4 Å². The van der Waals surface area contributed by atoms with E-state index in [2.05, 4.69) is 10.6 Å². The molecule has 0 spiro atoms. The van der Waals surface area contributed by atoms with Crippen molar-refractivity contribution in [3.05, 3.63) is 125 Å². The van der Waals surface area contributed by atoms with Gasteiger partial charge < -0.3 is 45.4 Å². The summed E-state index contributed by atoms with van der Waals surface area (Å²) in [6, 6.07) is 28.5. The quantitative estimate of drug-likeness (QED) is 0.108. The standard InChI is InChI=1S/C44H55N3O9S/c1-5-22-44(6-2)27-57(53,54)34-21-20-32(47(3)4)24-33(34)35(42(44)51)30-18-13-19-31(23-30)45-43(52)46-36-37(48)40(55-25-28-14-9-7-10-15-28)39(50)41(38(36)49)56-26-29-16-11-8-12-17-29/h7-21,23-24,35-42,48-51H,5-6,22,25-27H2,1-4H3,(H2,45,46,52)/t35-,36?,37-,38+,39?,40+,41-,42-,44-/m1/s1. The molecule has 4 aromatic rings. The molecule has 0 radical (unpaired) electrons. The van der Waals surface area contributed by atoms with E-state index in [1.807, 2.05) is 106 Å². The number of hydrogen-bond acceptors (Lipinski definition) is 10. The van der Waals surface area contributed by atoms with Gasteiger partial charge in [-0.1, -0.05) is 93.1 Å². The van der Waals surface area contributed by atoms with Gasteiger partial charge in [0, 0.05) is 36.8 Å². The third-order valence-electron chi connectivity index (χ3n) is 11.5. The van der Waals surface area contributed by atoms with Gasteiger partial charge in [0.1, 0.15) is 30.5 Å². The molecule has 0 saturated heterocycles. The van der Waals surface area contributed by atoms with Gasteiger partial charge in [-0.25, -0.2) is 13.2 Å². The van der Waals surface area contributed by atoms with Gasteiger partial charge in [0.2, 0.25) is 0 Å². The molecule has 2 amide bonds. The predicted molar refractivity (Wildman–Crippen MR) is 219 cm³/mol. The summed E-state index contributed by atoms with van der Waals surface area (Å²) >= 11 is 0. The number of amides is 2. The second-order valence-electron chi connectivity index (χ2n) is 15.5. The van der Waals surface area contributed by atoms with E-state index < -0.39 is 69.9 Å². The van der Waals surface area contributed by atoms with Crippen LogP contribution in [0.1, 0.15) is 61.3 Å². The lowest BCUT2D eigenvalue weighted by Gasteiger charge is -2.45. The molecule has 1 aliphatic heterocycles. The highest BCUT2D eigenvalue weighted by molar-refractivity contribution is 7.91. The zero-order chi connectivity index (χ0) is 40.9. The molecule has 2 unspecified atom stereocenters. The number of nitrogens with one attached hydrogen (secondary N) is 2. The summed E-state index contributed by atoms with van der Waals surface area (Å²) in [5.74, 6) is -0.939. The Hall–Kier alpha value is -4.34. The maximum absolute atomic E-state index is 14.0. The number of ether oxygens (including phenoxy) is 2. The topological polar surface area (TPSA) is 178 Å². The van der Waals surface area contributed by atoms with Crippen molar-refractivity contribution in [1.29, 1.82) is 0 Å². The highest BCUT2D eigenvalue weighted by Crippen LogP contribution is 2.49. The number of aliphatic hydroxyl groups is 4. The molecule has 1 aliphatic carbocycles. The van der Waals surface area contributed by atoms with Gasteiger partial charge in [-0.3, -0.25) is 0 Å². The molecule has 306 valence electrons. The van der Waals surface area contributed by atoms with Crippen LogP contribution in [-0.4, -0.2) is 97.4 Å². The zero-order valence-corrected chi connectivity index (χ0v) is 33.7. The molecule has 1 saturated carbocycles. The first-order valence-electron chi connectivity index (χ1n) is 19.5. The predicted octanol–water partition coefficient (Wildman–Crippen LogP) is 4.99. The van der Waals surface area contributed by atoms with Crippen molar-refractivity contribution in [1.82, 2.24) is 5.32 Å². The molecule has 1 fully saturated rings. The minimum absolute atomic E-state index is 0.0535. The fraction of sp³-hybridized carbons (Fsp3) is 0.432. The van der Waals surface area contributed by atoms with E-state index in [-0.39, 0.29) is 23.9 Å². The molecule has 0 aromatic heterocycles. The Morgan fingerprint density at radius 1 is 0.789 bits per heavy atom. The maximum Gasteiger partial charge on any atom is 0.319 e. The molecule has 6 rings (SSSR count). The number of carbonyl (C=O) groups is 1. The minimum atomic E-state index is -3.79. The Morgan fingerprint density at radius 3 is 1.93 bits per heavy atom. The Labute approximate surface area is 335 Å². The van der Waals surface area contributed by atoms with Crippen LogP contribution in [0.3, 0.4) is 0 Å². The molecule has 13 heteroatoms. The molecular formula is C44H55N3O9S. The molecule has 6 N–H and O–H groups in total. The fourth-order valence-corrected chi connectivity index (χ4v) is 10.7. The summed E-state index contributed by atoms with van der Waals surface area (Å²) < 4.78 is 40.1. The number of anilines is 2. The summed E-state index contributed by atoms with van der Waals surface area (Å²) in [6.07, 6.45) is -6.40. The van der Waals surface area contributed by atoms with Crippen LogP contribution >= 0.6 is 0 Å². The first-order valence-corrected chi connectivity index (χ1v) is 21.2. The van der Waals surface area contributed by atoms with Crippen LogP contribution in [0, 0.1) is 5.41 Å². The number of fused-ring (bicyclic) bond motifs is 1. The van der Waals surface area contributed by atoms with E-state index in [1.165, 1.54) is 0 Å². The van der Waals surface area contributed by atoms with Crippen molar-refractivity contribution in [3.63, 3.8) is 0 Å². The van der Waals surface area contributed by atoms with E-state index in [1.54, 1.807) is 30.3 Å². The van der Waals surface area contributed by atoms with Crippen LogP contribution in [0.4, 0.5) is 16.2 Å². The van der Waals surface area contributed by atoms with Crippen molar-refractivity contribution < 1.29 is 43.1 Å². The van der Waals surface area contributed by atoms with Gasteiger partial charge in [-0.2, -0.15) is 0 Å². The van der Waals surface area contributed by atoms with E-state index in [4.69, 9.17) is 9.47 Å². The number of rotatable bonds is 13. The summed E-state index contributed by atoms with van der Waals surface area (Å²) in [6.45, 7) is 4.00. The molecule has 57 heavy (non-hydrogen) atoms. The van der Waals surface area contributed by atoms with Crippen LogP contribution in [0.15, 0.2) is 108 Å².